The van der Waals surface area contributed by atoms with Gasteiger partial charge in [0.25, 0.3) is 0 Å². The summed E-state index contributed by atoms with van der Waals surface area (Å²) >= 11 is 0. The van der Waals surface area contributed by atoms with Crippen LogP contribution in [0.15, 0.2) is 48.5 Å². The van der Waals surface area contributed by atoms with Crippen molar-refractivity contribution in [1.29, 1.82) is 0 Å². The van der Waals surface area contributed by atoms with E-state index in [0.29, 0.717) is 18.8 Å². The summed E-state index contributed by atoms with van der Waals surface area (Å²) in [6.45, 7) is 2.92. The maximum Gasteiger partial charge on any atom is 0.422 e. The van der Waals surface area contributed by atoms with E-state index in [1.807, 2.05) is 18.2 Å². The number of ether oxygens (including phenoxy) is 2. The van der Waals surface area contributed by atoms with Crippen molar-refractivity contribution in [2.24, 2.45) is 5.92 Å². The molecule has 1 amide bonds. The largest absolute Gasteiger partial charge is 0.495 e. The third kappa shape index (κ3) is 7.31. The Labute approximate surface area is 216 Å². The van der Waals surface area contributed by atoms with Crippen molar-refractivity contribution in [1.82, 2.24) is 4.90 Å². The van der Waals surface area contributed by atoms with Gasteiger partial charge < -0.3 is 19.3 Å². The first-order chi connectivity index (χ1) is 17.9. The smallest absolute Gasteiger partial charge is 0.422 e. The van der Waals surface area contributed by atoms with Crippen LogP contribution in [0.4, 0.5) is 24.5 Å². The summed E-state index contributed by atoms with van der Waals surface area (Å²) in [6, 6.07) is 14.5. The first kappa shape index (κ1) is 27.1. The van der Waals surface area contributed by atoms with Crippen LogP contribution >= 0.6 is 0 Å². The number of hydrogen-bond donors (Lipinski definition) is 0. The number of carbonyl (C=O) groups is 1. The van der Waals surface area contributed by atoms with Gasteiger partial charge in [0, 0.05) is 45.2 Å². The molecule has 9 heteroatoms. The number of piperazine rings is 1. The van der Waals surface area contributed by atoms with E-state index < -0.39 is 12.8 Å². The van der Waals surface area contributed by atoms with E-state index in [1.165, 1.54) is 6.07 Å². The van der Waals surface area contributed by atoms with Crippen molar-refractivity contribution >= 4 is 17.3 Å². The van der Waals surface area contributed by atoms with Crippen molar-refractivity contribution < 1.29 is 27.4 Å². The Morgan fingerprint density at radius 2 is 1.59 bits per heavy atom. The Morgan fingerprint density at radius 1 is 0.946 bits per heavy atom. The summed E-state index contributed by atoms with van der Waals surface area (Å²) in [5.41, 5.74) is 1.48. The second-order valence-corrected chi connectivity index (χ2v) is 9.70. The number of amides is 1. The lowest BCUT2D eigenvalue weighted by Crippen LogP contribution is -2.49. The van der Waals surface area contributed by atoms with Crippen LogP contribution in [0.25, 0.3) is 0 Å². The fourth-order valence-electron chi connectivity index (χ4n) is 5.23. The van der Waals surface area contributed by atoms with Crippen LogP contribution in [0.3, 0.4) is 0 Å². The number of carbonyl (C=O) groups excluding carboxylic acids is 1. The molecule has 0 spiro atoms. The number of halogens is 3. The second-order valence-electron chi connectivity index (χ2n) is 9.70. The third-order valence-corrected chi connectivity index (χ3v) is 7.21. The first-order valence-electron chi connectivity index (χ1n) is 13.1. The van der Waals surface area contributed by atoms with Crippen molar-refractivity contribution in [3.8, 4) is 11.5 Å². The summed E-state index contributed by atoms with van der Waals surface area (Å²) in [5, 5.41) is 0. The van der Waals surface area contributed by atoms with Gasteiger partial charge in [-0.2, -0.15) is 13.2 Å². The summed E-state index contributed by atoms with van der Waals surface area (Å²) in [4.78, 5) is 19.9. The summed E-state index contributed by atoms with van der Waals surface area (Å²) in [5.74, 6) is 0.808. The number of anilines is 2. The van der Waals surface area contributed by atoms with Gasteiger partial charge in [-0.3, -0.25) is 9.69 Å². The third-order valence-electron chi connectivity index (χ3n) is 7.21. The molecule has 0 radical (unpaired) electrons. The van der Waals surface area contributed by atoms with Crippen LogP contribution in [-0.2, 0) is 4.79 Å². The lowest BCUT2D eigenvalue weighted by Gasteiger charge is -2.38. The maximum atomic E-state index is 13.6. The molecule has 2 aromatic rings. The normalized spacial score (nSPS) is 17.5. The zero-order valence-corrected chi connectivity index (χ0v) is 21.4. The minimum atomic E-state index is -4.45. The highest BCUT2D eigenvalue weighted by Crippen LogP contribution is 2.34. The molecule has 0 aromatic heterocycles. The summed E-state index contributed by atoms with van der Waals surface area (Å²) in [6.07, 6.45) is 0.303. The topological polar surface area (TPSA) is 45.2 Å². The van der Waals surface area contributed by atoms with Crippen LogP contribution < -0.4 is 19.3 Å². The van der Waals surface area contributed by atoms with E-state index in [-0.39, 0.29) is 17.6 Å². The van der Waals surface area contributed by atoms with E-state index >= 15 is 0 Å². The predicted molar refractivity (Wildman–Crippen MR) is 139 cm³/mol. The van der Waals surface area contributed by atoms with Crippen LogP contribution in [0.5, 0.6) is 11.5 Å². The van der Waals surface area contributed by atoms with E-state index in [2.05, 4.69) is 15.9 Å². The fourth-order valence-corrected chi connectivity index (χ4v) is 5.23. The highest BCUT2D eigenvalue weighted by Gasteiger charge is 2.32. The summed E-state index contributed by atoms with van der Waals surface area (Å²) < 4.78 is 49.3. The molecule has 2 aromatic carbocycles. The average molecular weight is 520 g/mol. The van der Waals surface area contributed by atoms with Gasteiger partial charge in [0.05, 0.1) is 18.5 Å². The molecular formula is C28H36F3N3O3. The molecule has 6 nitrogen and oxygen atoms in total. The predicted octanol–water partition coefficient (Wildman–Crippen LogP) is 5.37. The number of para-hydroxylation sites is 4. The van der Waals surface area contributed by atoms with Gasteiger partial charge >= 0.3 is 6.18 Å². The van der Waals surface area contributed by atoms with E-state index in [0.717, 1.165) is 69.7 Å². The molecule has 0 N–H and O–H groups in total. The van der Waals surface area contributed by atoms with Crippen molar-refractivity contribution in [3.05, 3.63) is 48.5 Å². The average Bonchev–Trinajstić information content (AvgIpc) is 2.93. The number of alkyl halides is 3. The van der Waals surface area contributed by atoms with Crippen LogP contribution in [0.1, 0.15) is 32.1 Å². The second kappa shape index (κ2) is 12.5. The molecular weight excluding hydrogens is 483 g/mol. The molecule has 0 bridgehead atoms. The van der Waals surface area contributed by atoms with Crippen molar-refractivity contribution in [2.75, 3.05) is 62.8 Å². The van der Waals surface area contributed by atoms with Gasteiger partial charge in [0.15, 0.2) is 6.61 Å². The number of hydrogen-bond acceptors (Lipinski definition) is 5. The summed E-state index contributed by atoms with van der Waals surface area (Å²) in [7, 11) is 1.67. The lowest BCUT2D eigenvalue weighted by molar-refractivity contribution is -0.153. The molecule has 4 rings (SSSR count). The quantitative estimate of drug-likeness (QED) is 0.446. The molecule has 1 aliphatic carbocycles. The Bertz CT molecular complexity index is 1020. The SMILES string of the molecule is COc1ccccc1N1CCN(CCN(C(=O)C2CCCCC2)c2ccccc2OCC(F)(F)F)CC1. The Hall–Kier alpha value is -2.94. The minimum absolute atomic E-state index is 0.0181. The van der Waals surface area contributed by atoms with Gasteiger partial charge in [0.2, 0.25) is 5.91 Å². The molecule has 1 aliphatic heterocycles. The number of methoxy groups -OCH3 is 1. The molecule has 0 atom stereocenters. The lowest BCUT2D eigenvalue weighted by atomic mass is 9.88. The minimum Gasteiger partial charge on any atom is -0.495 e. The van der Waals surface area contributed by atoms with Gasteiger partial charge in [0.1, 0.15) is 11.5 Å². The van der Waals surface area contributed by atoms with Gasteiger partial charge in [-0.25, -0.2) is 0 Å². The molecule has 0 unspecified atom stereocenters. The first-order valence-corrected chi connectivity index (χ1v) is 13.1. The Kier molecular flexibility index (Phi) is 9.18. The number of nitrogens with zero attached hydrogens (tertiary/aromatic N) is 3. The molecule has 1 heterocycles. The monoisotopic (exact) mass is 519 g/mol. The fraction of sp³-hybridized carbons (Fsp3) is 0.536. The highest BCUT2D eigenvalue weighted by atomic mass is 19.4. The Morgan fingerprint density at radius 3 is 2.27 bits per heavy atom. The van der Waals surface area contributed by atoms with E-state index in [1.54, 1.807) is 30.2 Å². The van der Waals surface area contributed by atoms with Gasteiger partial charge in [-0.05, 0) is 37.1 Å². The molecule has 37 heavy (non-hydrogen) atoms. The zero-order chi connectivity index (χ0) is 26.3. The van der Waals surface area contributed by atoms with Crippen LogP contribution in [0.2, 0.25) is 0 Å². The maximum absolute atomic E-state index is 13.6. The van der Waals surface area contributed by atoms with Gasteiger partial charge in [-0.1, -0.05) is 43.5 Å². The number of rotatable bonds is 9. The van der Waals surface area contributed by atoms with E-state index in [9.17, 15) is 18.0 Å². The van der Waals surface area contributed by atoms with Gasteiger partial charge in [-0.15, -0.1) is 0 Å². The molecule has 2 aliphatic rings. The molecule has 2 fully saturated rings. The molecule has 1 saturated heterocycles. The zero-order valence-electron chi connectivity index (χ0n) is 21.4. The molecule has 1 saturated carbocycles. The standard InChI is InChI=1S/C28H36F3N3O3/c1-36-25-13-7-5-11-23(25)33-18-15-32(16-19-33)17-20-34(27(35)22-9-3-2-4-10-22)24-12-6-8-14-26(24)37-21-28(29,30)31/h5-8,11-14,22H,2-4,9-10,15-21H2,1H3. The van der Waals surface area contributed by atoms with Crippen molar-refractivity contribution in [3.63, 3.8) is 0 Å². The number of benzene rings is 2. The molecule has 202 valence electrons. The van der Waals surface area contributed by atoms with Crippen LogP contribution in [0, 0.1) is 5.92 Å². The van der Waals surface area contributed by atoms with Crippen LogP contribution in [-0.4, -0.2) is 70.0 Å². The van der Waals surface area contributed by atoms with E-state index in [4.69, 9.17) is 9.47 Å². The van der Waals surface area contributed by atoms with Crippen molar-refractivity contribution in [2.45, 2.75) is 38.3 Å². The Balaban J connectivity index is 1.45. The highest BCUT2D eigenvalue weighted by molar-refractivity contribution is 5.96.